The number of hydrogen-bond acceptors (Lipinski definition) is 3. The zero-order chi connectivity index (χ0) is 18.6. The Morgan fingerprint density at radius 2 is 1.92 bits per heavy atom. The fourth-order valence-electron chi connectivity index (χ4n) is 3.67. The van der Waals surface area contributed by atoms with Crippen LogP contribution < -0.4 is 5.32 Å². The molecule has 2 aromatic rings. The van der Waals surface area contributed by atoms with Crippen molar-refractivity contribution in [3.8, 4) is 0 Å². The van der Waals surface area contributed by atoms with Gasteiger partial charge in [0.1, 0.15) is 5.82 Å². The maximum Gasteiger partial charge on any atom is 0.240 e. The lowest BCUT2D eigenvalue weighted by Crippen LogP contribution is -2.54. The molecule has 5 heteroatoms. The third-order valence-electron chi connectivity index (χ3n) is 5.54. The number of aryl methyl sites for hydroxylation is 2. The summed E-state index contributed by atoms with van der Waals surface area (Å²) in [5, 5.41) is 3.32. The predicted octanol–water partition coefficient (Wildman–Crippen LogP) is 3.31. The molecule has 26 heavy (non-hydrogen) atoms. The maximum absolute atomic E-state index is 13.1. The first-order valence-electron chi connectivity index (χ1n) is 9.57. The second-order valence-corrected chi connectivity index (χ2v) is 7.65. The zero-order valence-electron chi connectivity index (χ0n) is 16.1. The van der Waals surface area contributed by atoms with Gasteiger partial charge in [0.25, 0.3) is 0 Å². The molecule has 1 aromatic heterocycles. The van der Waals surface area contributed by atoms with E-state index in [1.807, 2.05) is 51.4 Å². The van der Waals surface area contributed by atoms with E-state index in [0.717, 1.165) is 37.4 Å². The van der Waals surface area contributed by atoms with Crippen LogP contribution >= 0.6 is 0 Å². The molecular weight excluding hydrogens is 324 g/mol. The van der Waals surface area contributed by atoms with Crippen molar-refractivity contribution in [2.45, 2.75) is 58.2 Å². The molecule has 140 valence electrons. The van der Waals surface area contributed by atoms with Crippen molar-refractivity contribution >= 4 is 5.91 Å². The second-order valence-electron chi connectivity index (χ2n) is 7.65. The number of rotatable bonds is 7. The number of carbonyl (C=O) groups excluding carboxylic acids is 1. The summed E-state index contributed by atoms with van der Waals surface area (Å²) in [4.78, 5) is 19.7. The number of imidazole rings is 1. The molecular formula is C21H30N4O. The first-order valence-corrected chi connectivity index (χ1v) is 9.57. The molecule has 1 aromatic carbocycles. The number of hydrogen-bond donors (Lipinski definition) is 1. The first-order chi connectivity index (χ1) is 12.5. The summed E-state index contributed by atoms with van der Waals surface area (Å²) in [6.07, 6.45) is 7.01. The molecule has 0 radical (unpaired) electrons. The molecule has 1 aliphatic heterocycles. The Labute approximate surface area is 156 Å². The van der Waals surface area contributed by atoms with Gasteiger partial charge in [-0.05, 0) is 58.7 Å². The SMILES string of the molecule is Cc1nccn1CCC(NC(=O)C(C)(C)N1CCCC1)c1ccccc1. The smallest absolute Gasteiger partial charge is 0.240 e. The van der Waals surface area contributed by atoms with Gasteiger partial charge in [-0.25, -0.2) is 4.98 Å². The van der Waals surface area contributed by atoms with E-state index in [1.165, 1.54) is 12.8 Å². The third kappa shape index (κ3) is 4.15. The van der Waals surface area contributed by atoms with Gasteiger partial charge in [-0.15, -0.1) is 0 Å². The molecule has 1 atom stereocenters. The lowest BCUT2D eigenvalue weighted by atomic mass is 9.98. The number of benzene rings is 1. The fraction of sp³-hybridized carbons (Fsp3) is 0.524. The summed E-state index contributed by atoms with van der Waals surface area (Å²) < 4.78 is 2.13. The number of amides is 1. The molecule has 2 heterocycles. The molecule has 0 spiro atoms. The Morgan fingerprint density at radius 3 is 2.54 bits per heavy atom. The maximum atomic E-state index is 13.1. The van der Waals surface area contributed by atoms with Crippen LogP contribution in [0.1, 0.15) is 50.5 Å². The standard InChI is InChI=1S/C21H30N4O/c1-17-22-12-16-24(17)15-11-19(18-9-5-4-6-10-18)23-20(26)21(2,3)25-13-7-8-14-25/h4-6,9-10,12,16,19H,7-8,11,13-15H2,1-3H3,(H,23,26). The Hall–Kier alpha value is -2.14. The van der Waals surface area contributed by atoms with E-state index in [4.69, 9.17) is 0 Å². The monoisotopic (exact) mass is 354 g/mol. The predicted molar refractivity (Wildman–Crippen MR) is 104 cm³/mol. The number of likely N-dealkylation sites (tertiary alicyclic amines) is 1. The van der Waals surface area contributed by atoms with Crippen molar-refractivity contribution in [2.24, 2.45) is 0 Å². The lowest BCUT2D eigenvalue weighted by molar-refractivity contribution is -0.132. The number of nitrogens with one attached hydrogen (secondary N) is 1. The first kappa shape index (κ1) is 18.6. The van der Waals surface area contributed by atoms with Crippen molar-refractivity contribution in [1.82, 2.24) is 19.8 Å². The number of aromatic nitrogens is 2. The van der Waals surface area contributed by atoms with Gasteiger partial charge in [0.2, 0.25) is 5.91 Å². The van der Waals surface area contributed by atoms with E-state index in [-0.39, 0.29) is 11.9 Å². The van der Waals surface area contributed by atoms with Crippen molar-refractivity contribution in [3.63, 3.8) is 0 Å². The minimum atomic E-state index is -0.478. The van der Waals surface area contributed by atoms with Crippen LogP contribution in [0.15, 0.2) is 42.7 Å². The number of carbonyl (C=O) groups is 1. The number of nitrogens with zero attached hydrogens (tertiary/aromatic N) is 3. The van der Waals surface area contributed by atoms with Gasteiger partial charge in [-0.2, -0.15) is 0 Å². The minimum absolute atomic E-state index is 0.00706. The second kappa shape index (κ2) is 8.04. The van der Waals surface area contributed by atoms with Gasteiger partial charge < -0.3 is 9.88 Å². The van der Waals surface area contributed by atoms with Gasteiger partial charge in [-0.3, -0.25) is 9.69 Å². The van der Waals surface area contributed by atoms with Crippen molar-refractivity contribution in [1.29, 1.82) is 0 Å². The Kier molecular flexibility index (Phi) is 5.77. The van der Waals surface area contributed by atoms with Gasteiger partial charge in [0.05, 0.1) is 11.6 Å². The highest BCUT2D eigenvalue weighted by Crippen LogP contribution is 2.24. The van der Waals surface area contributed by atoms with E-state index in [9.17, 15) is 4.79 Å². The summed E-state index contributed by atoms with van der Waals surface area (Å²) in [6.45, 7) is 8.92. The normalized spacial score (nSPS) is 16.6. The van der Waals surface area contributed by atoms with E-state index in [0.29, 0.717) is 0 Å². The van der Waals surface area contributed by atoms with Crippen LogP contribution in [0.2, 0.25) is 0 Å². The molecule has 1 unspecified atom stereocenters. The van der Waals surface area contributed by atoms with E-state index >= 15 is 0 Å². The highest BCUT2D eigenvalue weighted by Gasteiger charge is 2.36. The lowest BCUT2D eigenvalue weighted by Gasteiger charge is -2.35. The van der Waals surface area contributed by atoms with Crippen LogP contribution in [-0.2, 0) is 11.3 Å². The third-order valence-corrected chi connectivity index (χ3v) is 5.54. The summed E-state index contributed by atoms with van der Waals surface area (Å²) in [6, 6.07) is 10.2. The summed E-state index contributed by atoms with van der Waals surface area (Å²) >= 11 is 0. The molecule has 1 amide bonds. The van der Waals surface area contributed by atoms with Crippen molar-refractivity contribution < 1.29 is 4.79 Å². The van der Waals surface area contributed by atoms with E-state index in [2.05, 4.69) is 31.9 Å². The van der Waals surface area contributed by atoms with Crippen LogP contribution in [0.3, 0.4) is 0 Å². The molecule has 1 fully saturated rings. The molecule has 3 rings (SSSR count). The van der Waals surface area contributed by atoms with Gasteiger partial charge >= 0.3 is 0 Å². The quantitative estimate of drug-likeness (QED) is 0.830. The fourth-order valence-corrected chi connectivity index (χ4v) is 3.67. The molecule has 1 aliphatic rings. The van der Waals surface area contributed by atoms with Crippen LogP contribution in [0.4, 0.5) is 0 Å². The van der Waals surface area contributed by atoms with Crippen molar-refractivity contribution in [2.75, 3.05) is 13.1 Å². The van der Waals surface area contributed by atoms with Gasteiger partial charge in [0, 0.05) is 18.9 Å². The Balaban J connectivity index is 1.72. The van der Waals surface area contributed by atoms with E-state index < -0.39 is 5.54 Å². The van der Waals surface area contributed by atoms with Crippen LogP contribution in [0.5, 0.6) is 0 Å². The molecule has 5 nitrogen and oxygen atoms in total. The summed E-state index contributed by atoms with van der Waals surface area (Å²) in [7, 11) is 0. The Bertz CT molecular complexity index is 717. The zero-order valence-corrected chi connectivity index (χ0v) is 16.1. The van der Waals surface area contributed by atoms with Crippen LogP contribution in [0, 0.1) is 6.92 Å². The average Bonchev–Trinajstić information content (AvgIpc) is 3.31. The average molecular weight is 354 g/mol. The molecule has 1 saturated heterocycles. The van der Waals surface area contributed by atoms with Gasteiger partial charge in [-0.1, -0.05) is 30.3 Å². The van der Waals surface area contributed by atoms with Crippen LogP contribution in [-0.4, -0.2) is 39.0 Å². The highest BCUT2D eigenvalue weighted by molar-refractivity contribution is 5.85. The molecule has 0 bridgehead atoms. The summed E-state index contributed by atoms with van der Waals surface area (Å²) in [5.74, 6) is 1.11. The Morgan fingerprint density at radius 1 is 1.23 bits per heavy atom. The molecule has 1 N–H and O–H groups in total. The van der Waals surface area contributed by atoms with Crippen molar-refractivity contribution in [3.05, 3.63) is 54.1 Å². The minimum Gasteiger partial charge on any atom is -0.348 e. The largest absolute Gasteiger partial charge is 0.348 e. The molecule has 0 aliphatic carbocycles. The highest BCUT2D eigenvalue weighted by atomic mass is 16.2. The summed E-state index contributed by atoms with van der Waals surface area (Å²) in [5.41, 5.74) is 0.671. The van der Waals surface area contributed by atoms with E-state index in [1.54, 1.807) is 0 Å². The topological polar surface area (TPSA) is 50.2 Å². The van der Waals surface area contributed by atoms with Crippen LogP contribution in [0.25, 0.3) is 0 Å². The van der Waals surface area contributed by atoms with Gasteiger partial charge in [0.15, 0.2) is 0 Å². The molecule has 0 saturated carbocycles.